The fourth-order valence-electron chi connectivity index (χ4n) is 2.95. The summed E-state index contributed by atoms with van der Waals surface area (Å²) in [6, 6.07) is 6.79. The van der Waals surface area contributed by atoms with Crippen LogP contribution in [0.4, 0.5) is 0 Å². The quantitative estimate of drug-likeness (QED) is 0.773. The first-order chi connectivity index (χ1) is 10.2. The van der Waals surface area contributed by atoms with Gasteiger partial charge in [-0.05, 0) is 43.0 Å². The Bertz CT molecular complexity index is 433. The Kier molecular flexibility index (Phi) is 6.37. The predicted molar refractivity (Wildman–Crippen MR) is 87.2 cm³/mol. The molecule has 118 valence electrons. The van der Waals surface area contributed by atoms with E-state index in [9.17, 15) is 0 Å². The highest BCUT2D eigenvalue weighted by atomic mass is 16.6. The lowest BCUT2D eigenvalue weighted by molar-refractivity contribution is 0.171. The zero-order valence-corrected chi connectivity index (χ0v) is 13.7. The van der Waals surface area contributed by atoms with Gasteiger partial charge in [-0.3, -0.25) is 0 Å². The zero-order chi connectivity index (χ0) is 15.1. The van der Waals surface area contributed by atoms with E-state index in [0.717, 1.165) is 30.4 Å². The maximum absolute atomic E-state index is 5.72. The molecular formula is C18H29NO2. The molecule has 0 fully saturated rings. The van der Waals surface area contributed by atoms with E-state index in [0.29, 0.717) is 19.3 Å². The van der Waals surface area contributed by atoms with Crippen molar-refractivity contribution in [2.45, 2.75) is 52.5 Å². The van der Waals surface area contributed by atoms with E-state index in [-0.39, 0.29) is 0 Å². The second kappa shape index (κ2) is 8.28. The Morgan fingerprint density at radius 1 is 1.10 bits per heavy atom. The normalized spacial score (nSPS) is 16.5. The maximum atomic E-state index is 5.72. The van der Waals surface area contributed by atoms with E-state index >= 15 is 0 Å². The third-order valence-corrected chi connectivity index (χ3v) is 4.03. The van der Waals surface area contributed by atoms with Crippen LogP contribution in [0, 0.1) is 5.92 Å². The lowest BCUT2D eigenvalue weighted by Gasteiger charge is -2.25. The summed E-state index contributed by atoms with van der Waals surface area (Å²) in [5.74, 6) is 2.50. The zero-order valence-electron chi connectivity index (χ0n) is 13.7. The molecule has 1 aromatic rings. The van der Waals surface area contributed by atoms with Crippen LogP contribution in [0.3, 0.4) is 0 Å². The molecule has 2 rings (SSSR count). The molecule has 3 nitrogen and oxygen atoms in total. The van der Waals surface area contributed by atoms with Crippen molar-refractivity contribution in [1.29, 1.82) is 0 Å². The Morgan fingerprint density at radius 3 is 2.57 bits per heavy atom. The second-order valence-electron chi connectivity index (χ2n) is 6.04. The summed E-state index contributed by atoms with van der Waals surface area (Å²) in [6.45, 7) is 9.17. The minimum absolute atomic E-state index is 0.405. The van der Waals surface area contributed by atoms with E-state index < -0.39 is 0 Å². The van der Waals surface area contributed by atoms with Crippen LogP contribution in [0.2, 0.25) is 0 Å². The number of benzene rings is 1. The molecule has 0 amide bonds. The number of hydrogen-bond donors (Lipinski definition) is 1. The topological polar surface area (TPSA) is 30.5 Å². The van der Waals surface area contributed by atoms with E-state index in [1.165, 1.54) is 24.8 Å². The molecule has 0 saturated carbocycles. The van der Waals surface area contributed by atoms with Gasteiger partial charge < -0.3 is 14.8 Å². The van der Waals surface area contributed by atoms with Crippen LogP contribution in [-0.2, 0) is 0 Å². The molecule has 1 aliphatic heterocycles. The van der Waals surface area contributed by atoms with Crippen LogP contribution in [0.15, 0.2) is 18.2 Å². The van der Waals surface area contributed by atoms with Crippen LogP contribution in [0.25, 0.3) is 0 Å². The first-order valence-electron chi connectivity index (χ1n) is 8.37. The second-order valence-corrected chi connectivity index (χ2v) is 6.04. The number of nitrogens with one attached hydrogen (secondary N) is 1. The van der Waals surface area contributed by atoms with Gasteiger partial charge in [0.25, 0.3) is 0 Å². The molecule has 2 atom stereocenters. The smallest absolute Gasteiger partial charge is 0.161 e. The van der Waals surface area contributed by atoms with Crippen molar-refractivity contribution < 1.29 is 9.47 Å². The van der Waals surface area contributed by atoms with Gasteiger partial charge in [-0.15, -0.1) is 0 Å². The third kappa shape index (κ3) is 4.63. The highest BCUT2D eigenvalue weighted by Gasteiger charge is 2.18. The van der Waals surface area contributed by atoms with Crippen LogP contribution in [0.5, 0.6) is 11.5 Å². The van der Waals surface area contributed by atoms with E-state index in [1.54, 1.807) is 0 Å². The average molecular weight is 291 g/mol. The summed E-state index contributed by atoms with van der Waals surface area (Å²) in [7, 11) is 0. The molecule has 1 N–H and O–H groups in total. The SMILES string of the molecule is CCCNC(CC(C)CCC)c1ccc2c(c1)OCCO2. The Hall–Kier alpha value is -1.22. The van der Waals surface area contributed by atoms with Gasteiger partial charge in [0, 0.05) is 6.04 Å². The molecule has 1 aromatic carbocycles. The van der Waals surface area contributed by atoms with Crippen molar-refractivity contribution in [3.05, 3.63) is 23.8 Å². The largest absolute Gasteiger partial charge is 0.486 e. The minimum Gasteiger partial charge on any atom is -0.486 e. The summed E-state index contributed by atoms with van der Waals surface area (Å²) in [4.78, 5) is 0. The Balaban J connectivity index is 2.11. The van der Waals surface area contributed by atoms with Crippen LogP contribution >= 0.6 is 0 Å². The fraction of sp³-hybridized carbons (Fsp3) is 0.667. The van der Waals surface area contributed by atoms with Gasteiger partial charge in [0.1, 0.15) is 13.2 Å². The van der Waals surface area contributed by atoms with Gasteiger partial charge in [-0.2, -0.15) is 0 Å². The van der Waals surface area contributed by atoms with Crippen molar-refractivity contribution in [2.75, 3.05) is 19.8 Å². The monoisotopic (exact) mass is 291 g/mol. The molecule has 0 bridgehead atoms. The van der Waals surface area contributed by atoms with E-state index in [1.807, 2.05) is 0 Å². The first-order valence-corrected chi connectivity index (χ1v) is 8.37. The lowest BCUT2D eigenvalue weighted by atomic mass is 9.92. The molecule has 3 heteroatoms. The highest BCUT2D eigenvalue weighted by molar-refractivity contribution is 5.44. The van der Waals surface area contributed by atoms with Crippen molar-refractivity contribution in [1.82, 2.24) is 5.32 Å². The van der Waals surface area contributed by atoms with Gasteiger partial charge in [-0.25, -0.2) is 0 Å². The summed E-state index contributed by atoms with van der Waals surface area (Å²) >= 11 is 0. The summed E-state index contributed by atoms with van der Waals surface area (Å²) in [5, 5.41) is 3.69. The molecule has 0 aliphatic carbocycles. The molecular weight excluding hydrogens is 262 g/mol. The highest BCUT2D eigenvalue weighted by Crippen LogP contribution is 2.34. The van der Waals surface area contributed by atoms with Crippen molar-refractivity contribution in [3.8, 4) is 11.5 Å². The summed E-state index contributed by atoms with van der Waals surface area (Å²) < 4.78 is 11.3. The standard InChI is InChI=1S/C18H29NO2/c1-4-6-14(3)12-16(19-9-5-2)15-7-8-17-18(13-15)21-11-10-20-17/h7-8,13-14,16,19H,4-6,9-12H2,1-3H3. The van der Waals surface area contributed by atoms with Gasteiger partial charge in [-0.1, -0.05) is 39.7 Å². The van der Waals surface area contributed by atoms with Crippen LogP contribution in [0.1, 0.15) is 58.1 Å². The van der Waals surface area contributed by atoms with Gasteiger partial charge >= 0.3 is 0 Å². The van der Waals surface area contributed by atoms with Gasteiger partial charge in [0.15, 0.2) is 11.5 Å². The van der Waals surface area contributed by atoms with Gasteiger partial charge in [0.2, 0.25) is 0 Å². The number of fused-ring (bicyclic) bond motifs is 1. The van der Waals surface area contributed by atoms with Gasteiger partial charge in [0.05, 0.1) is 0 Å². The Morgan fingerprint density at radius 2 is 1.86 bits per heavy atom. The molecule has 0 aromatic heterocycles. The van der Waals surface area contributed by atoms with E-state index in [4.69, 9.17) is 9.47 Å². The van der Waals surface area contributed by atoms with Crippen molar-refractivity contribution in [2.24, 2.45) is 5.92 Å². The predicted octanol–water partition coefficient (Wildman–Crippen LogP) is 4.32. The Labute approximate surface area is 129 Å². The van der Waals surface area contributed by atoms with Crippen molar-refractivity contribution >= 4 is 0 Å². The average Bonchev–Trinajstić information content (AvgIpc) is 2.51. The minimum atomic E-state index is 0.405. The molecule has 21 heavy (non-hydrogen) atoms. The number of rotatable bonds is 8. The third-order valence-electron chi connectivity index (χ3n) is 4.03. The molecule has 0 spiro atoms. The molecule has 1 aliphatic rings. The number of ether oxygens (including phenoxy) is 2. The van der Waals surface area contributed by atoms with Crippen molar-refractivity contribution in [3.63, 3.8) is 0 Å². The summed E-state index contributed by atoms with van der Waals surface area (Å²) in [6.07, 6.45) is 4.87. The summed E-state index contributed by atoms with van der Waals surface area (Å²) in [5.41, 5.74) is 1.32. The van der Waals surface area contributed by atoms with Crippen LogP contribution in [-0.4, -0.2) is 19.8 Å². The van der Waals surface area contributed by atoms with Crippen LogP contribution < -0.4 is 14.8 Å². The van der Waals surface area contributed by atoms with E-state index in [2.05, 4.69) is 44.3 Å². The lowest BCUT2D eigenvalue weighted by Crippen LogP contribution is -2.24. The molecule has 1 heterocycles. The fourth-order valence-corrected chi connectivity index (χ4v) is 2.95. The molecule has 2 unspecified atom stereocenters. The first kappa shape index (κ1) is 16.2. The molecule has 0 saturated heterocycles. The molecule has 0 radical (unpaired) electrons. The number of hydrogen-bond acceptors (Lipinski definition) is 3. The maximum Gasteiger partial charge on any atom is 0.161 e.